The molecule has 2 aliphatic heterocycles. The second-order valence-corrected chi connectivity index (χ2v) is 7.76. The summed E-state index contributed by atoms with van der Waals surface area (Å²) < 4.78 is 8.87. The Hall–Kier alpha value is -3.33. The first-order valence-electron chi connectivity index (χ1n) is 10.3. The van der Waals surface area contributed by atoms with Gasteiger partial charge in [0.25, 0.3) is 5.91 Å². The summed E-state index contributed by atoms with van der Waals surface area (Å²) in [6.45, 7) is 5.01. The van der Waals surface area contributed by atoms with Crippen LogP contribution in [0.25, 0.3) is 0 Å². The number of urea groups is 1. The molecule has 0 bridgehead atoms. The summed E-state index contributed by atoms with van der Waals surface area (Å²) in [5.41, 5.74) is 2.83. The zero-order chi connectivity index (χ0) is 22.1. The first kappa shape index (κ1) is 20.9. The van der Waals surface area contributed by atoms with Gasteiger partial charge < -0.3 is 4.74 Å². The number of imide groups is 1. The van der Waals surface area contributed by atoms with Gasteiger partial charge in [0.05, 0.1) is 18.8 Å². The molecule has 0 saturated carbocycles. The highest BCUT2D eigenvalue weighted by molar-refractivity contribution is 6.23. The molecule has 1 saturated heterocycles. The number of aliphatic imine (C=N–C) groups is 1. The summed E-state index contributed by atoms with van der Waals surface area (Å²) in [6.07, 6.45) is 0.595. The fourth-order valence-electron chi connectivity index (χ4n) is 4.02. The molecule has 2 aromatic rings. The lowest BCUT2D eigenvalue weighted by Gasteiger charge is -2.34. The van der Waals surface area contributed by atoms with Gasteiger partial charge in [0.15, 0.2) is 0 Å². The van der Waals surface area contributed by atoms with Crippen LogP contribution in [0.3, 0.4) is 0 Å². The monoisotopic (exact) mass is 423 g/mol. The first-order valence-corrected chi connectivity index (χ1v) is 10.3. The van der Waals surface area contributed by atoms with Gasteiger partial charge in [-0.1, -0.05) is 35.3 Å². The summed E-state index contributed by atoms with van der Waals surface area (Å²) in [4.78, 5) is 34.0. The van der Waals surface area contributed by atoms with Gasteiger partial charge >= 0.3 is 12.0 Å². The van der Waals surface area contributed by atoms with Crippen LogP contribution in [0.4, 0.5) is 4.79 Å². The maximum atomic E-state index is 13.5. The van der Waals surface area contributed by atoms with Crippen LogP contribution in [-0.4, -0.2) is 87.8 Å². The third-order valence-electron chi connectivity index (χ3n) is 5.59. The van der Waals surface area contributed by atoms with Crippen molar-refractivity contribution in [1.82, 2.24) is 19.6 Å². The lowest BCUT2D eigenvalue weighted by atomic mass is 10.1. The van der Waals surface area contributed by atoms with Crippen molar-refractivity contribution < 1.29 is 18.9 Å². The van der Waals surface area contributed by atoms with Crippen molar-refractivity contribution in [2.75, 3.05) is 33.9 Å². The number of hydrogen-bond donors (Lipinski definition) is 0. The number of amidine groups is 1. The molecular weight excluding hydrogens is 396 g/mol. The maximum Gasteiger partial charge on any atom is 0.421 e. The van der Waals surface area contributed by atoms with Crippen LogP contribution < -0.4 is 0 Å². The van der Waals surface area contributed by atoms with Gasteiger partial charge in [-0.25, -0.2) is 9.37 Å². The van der Waals surface area contributed by atoms with Crippen molar-refractivity contribution >= 4 is 23.7 Å². The summed E-state index contributed by atoms with van der Waals surface area (Å²) in [6, 6.07) is 10.7. The van der Waals surface area contributed by atoms with Gasteiger partial charge in [-0.15, -0.1) is 9.78 Å². The van der Waals surface area contributed by atoms with Gasteiger partial charge in [0.2, 0.25) is 11.9 Å². The summed E-state index contributed by atoms with van der Waals surface area (Å²) in [5, 5.41) is 4.53. The molecular formula is C22H27N6O3+. The van der Waals surface area contributed by atoms with Crippen LogP contribution in [0, 0.1) is 13.8 Å². The van der Waals surface area contributed by atoms with Gasteiger partial charge in [0.1, 0.15) is 5.69 Å². The molecule has 0 N–H and O–H groups in total. The molecule has 162 valence electrons. The predicted molar refractivity (Wildman–Crippen MR) is 115 cm³/mol. The number of carbonyl (C=O) groups excluding carboxylic acids is 2. The highest BCUT2D eigenvalue weighted by atomic mass is 16.5. The number of methoxy groups -OCH3 is 1. The Morgan fingerprint density at radius 3 is 2.55 bits per heavy atom. The van der Waals surface area contributed by atoms with Crippen LogP contribution >= 0.6 is 0 Å². The molecule has 1 aromatic heterocycles. The van der Waals surface area contributed by atoms with Crippen molar-refractivity contribution in [3.05, 3.63) is 53.3 Å². The van der Waals surface area contributed by atoms with E-state index in [0.29, 0.717) is 37.9 Å². The van der Waals surface area contributed by atoms with E-state index in [1.807, 2.05) is 54.8 Å². The van der Waals surface area contributed by atoms with Crippen molar-refractivity contribution in [2.45, 2.75) is 26.3 Å². The summed E-state index contributed by atoms with van der Waals surface area (Å²) in [5.74, 6) is 0.676. The highest BCUT2D eigenvalue weighted by Gasteiger charge is 2.52. The standard InChI is InChI=1S/C22H27N6O3/c1-15-14-16(2)28(24-15)21-23-19-18(26(21)12-13-31-4)20(29)27(22(30)25(19)3)11-10-17-8-6-5-7-9-17/h5-9,14,18H,10-13H2,1-4H3/q+1. The van der Waals surface area contributed by atoms with E-state index in [0.717, 1.165) is 17.0 Å². The van der Waals surface area contributed by atoms with E-state index in [1.54, 1.807) is 18.8 Å². The van der Waals surface area contributed by atoms with E-state index in [9.17, 15) is 9.59 Å². The maximum absolute atomic E-state index is 13.5. The SMILES string of the molecule is COCC[N+]1=C(n2nc(C)cc2C)N=C2C1C(=O)N(CCc1ccccc1)C(=O)N2C. The number of hydrogen-bond acceptors (Lipinski definition) is 5. The minimum atomic E-state index is -0.687. The van der Waals surface area contributed by atoms with E-state index in [2.05, 4.69) is 10.1 Å². The van der Waals surface area contributed by atoms with Gasteiger partial charge in [0, 0.05) is 20.7 Å². The molecule has 31 heavy (non-hydrogen) atoms. The van der Waals surface area contributed by atoms with E-state index < -0.39 is 6.04 Å². The molecule has 1 aromatic carbocycles. The summed E-state index contributed by atoms with van der Waals surface area (Å²) in [7, 11) is 3.28. The molecule has 0 spiro atoms. The van der Waals surface area contributed by atoms with E-state index in [1.165, 1.54) is 9.80 Å². The van der Waals surface area contributed by atoms with Gasteiger partial charge in [-0.3, -0.25) is 14.6 Å². The molecule has 3 heterocycles. The average molecular weight is 423 g/mol. The fraction of sp³-hybridized carbons (Fsp3) is 0.409. The number of likely N-dealkylation sites (N-methyl/N-ethyl adjacent to an activating group) is 1. The third-order valence-corrected chi connectivity index (χ3v) is 5.59. The normalized spacial score (nSPS) is 18.7. The number of benzene rings is 1. The zero-order valence-electron chi connectivity index (χ0n) is 18.3. The number of aromatic nitrogens is 2. The number of carbonyl (C=O) groups is 2. The Kier molecular flexibility index (Phi) is 5.69. The molecule has 1 unspecified atom stereocenters. The molecule has 3 amide bonds. The van der Waals surface area contributed by atoms with Gasteiger partial charge in [-0.2, -0.15) is 0 Å². The van der Waals surface area contributed by atoms with Crippen molar-refractivity contribution in [2.24, 2.45) is 4.99 Å². The van der Waals surface area contributed by atoms with E-state index >= 15 is 0 Å². The number of ether oxygens (including phenoxy) is 1. The molecule has 0 radical (unpaired) electrons. The lowest BCUT2D eigenvalue weighted by molar-refractivity contribution is -0.539. The Bertz CT molecular complexity index is 1070. The third kappa shape index (κ3) is 3.76. The molecule has 9 heteroatoms. The highest BCUT2D eigenvalue weighted by Crippen LogP contribution is 2.21. The number of rotatable bonds is 6. The van der Waals surface area contributed by atoms with Crippen LogP contribution in [0.15, 0.2) is 41.4 Å². The minimum Gasteiger partial charge on any atom is -0.381 e. The molecule has 9 nitrogen and oxygen atoms in total. The van der Waals surface area contributed by atoms with Crippen LogP contribution in [0.5, 0.6) is 0 Å². The second-order valence-electron chi connectivity index (χ2n) is 7.76. The predicted octanol–water partition coefficient (Wildman–Crippen LogP) is 1.28. The number of amides is 3. The van der Waals surface area contributed by atoms with Crippen LogP contribution in [0.2, 0.25) is 0 Å². The number of aryl methyl sites for hydroxylation is 2. The van der Waals surface area contributed by atoms with Crippen molar-refractivity contribution in [3.8, 4) is 0 Å². The quantitative estimate of drug-likeness (QED) is 0.656. The first-order chi connectivity index (χ1) is 14.9. The minimum absolute atomic E-state index is 0.273. The average Bonchev–Trinajstić information content (AvgIpc) is 3.30. The molecule has 1 fully saturated rings. The van der Waals surface area contributed by atoms with E-state index in [4.69, 9.17) is 4.74 Å². The summed E-state index contributed by atoms with van der Waals surface area (Å²) >= 11 is 0. The smallest absolute Gasteiger partial charge is 0.381 e. The Morgan fingerprint density at radius 1 is 1.16 bits per heavy atom. The van der Waals surface area contributed by atoms with Crippen LogP contribution in [-0.2, 0) is 16.0 Å². The molecule has 2 aliphatic rings. The largest absolute Gasteiger partial charge is 0.421 e. The number of fused-ring (bicyclic) bond motifs is 1. The van der Waals surface area contributed by atoms with Crippen molar-refractivity contribution in [3.63, 3.8) is 0 Å². The molecule has 0 aliphatic carbocycles. The molecule has 4 rings (SSSR count). The Balaban J connectivity index is 1.69. The fourth-order valence-corrected chi connectivity index (χ4v) is 4.02. The Morgan fingerprint density at radius 2 is 1.90 bits per heavy atom. The van der Waals surface area contributed by atoms with Crippen LogP contribution in [0.1, 0.15) is 17.0 Å². The molecule has 1 atom stereocenters. The topological polar surface area (TPSA) is 83.0 Å². The Labute approximate surface area is 181 Å². The van der Waals surface area contributed by atoms with E-state index in [-0.39, 0.29) is 11.9 Å². The zero-order valence-corrected chi connectivity index (χ0v) is 18.3. The van der Waals surface area contributed by atoms with Crippen molar-refractivity contribution in [1.29, 1.82) is 0 Å². The van der Waals surface area contributed by atoms with Gasteiger partial charge in [-0.05, 0) is 31.9 Å². The second kappa shape index (κ2) is 8.43. The lowest BCUT2D eigenvalue weighted by Crippen LogP contribution is -2.63. The number of nitrogens with zero attached hydrogens (tertiary/aromatic N) is 6.